The maximum atomic E-state index is 5.10. The molecule has 0 nitrogen and oxygen atoms in total. The fraction of sp³-hybridized carbons (Fsp3) is 0.275. The number of hydrogen-bond acceptors (Lipinski definition) is 0. The van der Waals surface area contributed by atoms with Crippen LogP contribution >= 0.6 is 63.7 Å². The Bertz CT molecular complexity index is 3880. The van der Waals surface area contributed by atoms with Crippen LogP contribution in [0.2, 0.25) is 0 Å². The lowest BCUT2D eigenvalue weighted by atomic mass is 9.32. The largest absolute Gasteiger partial charge is 0.115 e. The summed E-state index contributed by atoms with van der Waals surface area (Å²) in [5.74, 6) is 28.4. The van der Waals surface area contributed by atoms with Crippen molar-refractivity contribution in [3.05, 3.63) is 395 Å². The fourth-order valence-electron chi connectivity index (χ4n) is 20.1. The summed E-state index contributed by atoms with van der Waals surface area (Å²) in [4.78, 5) is 0. The summed E-state index contributed by atoms with van der Waals surface area (Å²) < 4.78 is 0. The van der Waals surface area contributed by atoms with Crippen molar-refractivity contribution in [2.45, 2.75) is 126 Å². The van der Waals surface area contributed by atoms with Gasteiger partial charge in [0.25, 0.3) is 0 Å². The van der Waals surface area contributed by atoms with Crippen molar-refractivity contribution in [2.75, 3.05) is 23.3 Å². The van der Waals surface area contributed by atoms with Crippen molar-refractivity contribution in [3.63, 3.8) is 0 Å². The van der Waals surface area contributed by atoms with Crippen LogP contribution in [0.1, 0.15) is 166 Å². The summed E-state index contributed by atoms with van der Waals surface area (Å²) in [7, 11) is 0. The third kappa shape index (κ3) is 23.1. The number of terminal acetylenes is 1. The lowest BCUT2D eigenvalue weighted by Gasteiger charge is -2.71. The van der Waals surface area contributed by atoms with Gasteiger partial charge in [0.15, 0.2) is 0 Å². The molecule has 8 fully saturated rings. The van der Waals surface area contributed by atoms with E-state index in [-0.39, 0.29) is 21.7 Å². The Balaban J connectivity index is 0.000000168. The molecule has 8 saturated carbocycles. The molecule has 0 N–H and O–H groups in total. The molecule has 540 valence electrons. The highest BCUT2D eigenvalue weighted by atomic mass is 79.9. The second-order valence-electron chi connectivity index (χ2n) is 30.4. The number of alkyl halides is 4. The third-order valence-electron chi connectivity index (χ3n) is 21.4. The van der Waals surface area contributed by atoms with Gasteiger partial charge >= 0.3 is 0 Å². The summed E-state index contributed by atoms with van der Waals surface area (Å²) in [6, 6.07) is 116. The van der Waals surface area contributed by atoms with Crippen LogP contribution in [0.15, 0.2) is 334 Å². The summed E-state index contributed by atoms with van der Waals surface area (Å²) in [5, 5.41) is 0. The van der Waals surface area contributed by atoms with Gasteiger partial charge in [-0.1, -0.05) is 382 Å². The lowest BCUT2D eigenvalue weighted by molar-refractivity contribution is -0.176. The molecule has 0 radical (unpaired) electrons. The van der Waals surface area contributed by atoms with Crippen LogP contribution in [0.3, 0.4) is 0 Å². The molecule has 0 aromatic heterocycles. The highest BCUT2D eigenvalue weighted by Gasteiger charge is 2.69. The van der Waals surface area contributed by atoms with Crippen LogP contribution in [0, 0.1) is 69.5 Å². The molecular weight excluding hydrogens is 1540 g/mol. The number of hydrogen-bond donors (Lipinski definition) is 0. The van der Waals surface area contributed by atoms with Crippen LogP contribution in [0.4, 0.5) is 0 Å². The first-order valence-electron chi connectivity index (χ1n) is 36.8. The van der Waals surface area contributed by atoms with Crippen molar-refractivity contribution in [1.29, 1.82) is 0 Å². The van der Waals surface area contributed by atoms with E-state index < -0.39 is 0 Å². The van der Waals surface area contributed by atoms with Gasteiger partial charge in [-0.2, -0.15) is 0 Å². The molecule has 0 amide bonds. The zero-order chi connectivity index (χ0) is 75.7. The third-order valence-corrected chi connectivity index (χ3v) is 21.4. The molecule has 0 unspecified atom stereocenters. The van der Waals surface area contributed by atoms with E-state index >= 15 is 0 Å². The average Bonchev–Trinajstić information content (AvgIpc) is 0.675. The van der Waals surface area contributed by atoms with Crippen molar-refractivity contribution in [3.8, 4) is 47.9 Å². The molecular formula is C102H104Br4. The SMILES string of the molecule is C#Cc1ccccc1.C(#Cc1ccccc1)c1ccccc1.C(#Cc1ccccc1)c1ccccc1.C(#Cc1ccccc1)c1ccccc1.CBr.CBr.CBr.CBr.CC12CC3(C)CC(C)(C1)CC(C)(C2)C3.c1ccc(C23CC4(c5ccccc5)CC(c5ccccc5)(C2)CC(c2ccccc2)(C3)C4)cc1. The van der Waals surface area contributed by atoms with E-state index in [1.54, 1.807) is 22.3 Å². The van der Waals surface area contributed by atoms with E-state index in [9.17, 15) is 0 Å². The first-order valence-corrected chi connectivity index (χ1v) is 43.1. The molecule has 19 rings (SSSR count). The quantitative estimate of drug-likeness (QED) is 0.122. The van der Waals surface area contributed by atoms with Crippen LogP contribution in [0.25, 0.3) is 0 Å². The Morgan fingerprint density at radius 2 is 0.311 bits per heavy atom. The zero-order valence-electron chi connectivity index (χ0n) is 63.3. The first kappa shape index (κ1) is 83.2. The van der Waals surface area contributed by atoms with E-state index in [1.165, 1.54) is 77.0 Å². The minimum absolute atomic E-state index is 0.192. The standard InChI is InChI=1S/C34H32.C14H24.3C14H10.C8H6.4CH3Br/c1-5-13-27(14-6-1)31-21-32(28-15-7-2-8-16-28)24-33(22-31,29-17-9-3-10-18-29)26-34(23-31,25-32)30-19-11-4-12-20-30;1-11-5-12(2)8-13(3,6-11)10-14(4,7-11)9-12;3*1-3-7-13(8-4-1)11-12-14-9-5-2-6-10-14;1-2-8-6-4-3-5-7-8;4*1-2/h1-20H,21-26H2;5-10H2,1-4H3;3*1-10H;1,3-7H;4*1H3. The Labute approximate surface area is 672 Å². The smallest absolute Gasteiger partial charge is 0.0249 e. The molecule has 8 aliphatic rings. The number of benzene rings is 11. The summed E-state index contributed by atoms with van der Waals surface area (Å²) in [6.07, 6.45) is 21.7. The predicted molar refractivity (Wildman–Crippen MR) is 471 cm³/mol. The maximum Gasteiger partial charge on any atom is 0.0249 e. The minimum Gasteiger partial charge on any atom is -0.115 e. The molecule has 11 aromatic carbocycles. The topological polar surface area (TPSA) is 0 Å². The lowest BCUT2D eigenvalue weighted by Crippen LogP contribution is -2.67. The molecule has 0 heterocycles. The maximum absolute atomic E-state index is 5.10. The van der Waals surface area contributed by atoms with Gasteiger partial charge in [0.2, 0.25) is 0 Å². The highest BCUT2D eigenvalue weighted by Crippen LogP contribution is 2.75. The van der Waals surface area contributed by atoms with Gasteiger partial charge in [0, 0.05) is 38.9 Å². The Morgan fingerprint density at radius 3 is 0.434 bits per heavy atom. The first-order chi connectivity index (χ1) is 51.7. The van der Waals surface area contributed by atoms with Gasteiger partial charge in [-0.15, -0.1) is 6.42 Å². The Kier molecular flexibility index (Phi) is 32.2. The van der Waals surface area contributed by atoms with Crippen molar-refractivity contribution >= 4 is 63.7 Å². The number of halogens is 4. The van der Waals surface area contributed by atoms with E-state index in [4.69, 9.17) is 6.42 Å². The van der Waals surface area contributed by atoms with Crippen molar-refractivity contribution in [1.82, 2.24) is 0 Å². The van der Waals surface area contributed by atoms with Gasteiger partial charge in [-0.05, 0) is 251 Å². The van der Waals surface area contributed by atoms with E-state index in [2.05, 4.69) is 254 Å². The monoisotopic (exact) mass is 1640 g/mol. The molecule has 11 aromatic rings. The fourth-order valence-corrected chi connectivity index (χ4v) is 20.1. The van der Waals surface area contributed by atoms with Crippen LogP contribution < -0.4 is 0 Å². The summed E-state index contributed by atoms with van der Waals surface area (Å²) in [5.41, 5.74) is 17.0. The zero-order valence-corrected chi connectivity index (χ0v) is 69.7. The van der Waals surface area contributed by atoms with Gasteiger partial charge in [-0.3, -0.25) is 0 Å². The molecule has 0 atom stereocenters. The average molecular weight is 1650 g/mol. The molecule has 106 heavy (non-hydrogen) atoms. The molecule has 4 heteroatoms. The van der Waals surface area contributed by atoms with E-state index in [0.717, 1.165) is 38.9 Å². The second-order valence-corrected chi connectivity index (χ2v) is 30.4. The van der Waals surface area contributed by atoms with Crippen LogP contribution in [0.5, 0.6) is 0 Å². The van der Waals surface area contributed by atoms with Gasteiger partial charge in [-0.25, -0.2) is 0 Å². The molecule has 0 saturated heterocycles. The second kappa shape index (κ2) is 41.1. The summed E-state index contributed by atoms with van der Waals surface area (Å²) >= 11 is 11.8. The van der Waals surface area contributed by atoms with Gasteiger partial charge in [0.05, 0.1) is 0 Å². The van der Waals surface area contributed by atoms with E-state index in [0.29, 0.717) is 21.7 Å². The van der Waals surface area contributed by atoms with E-state index in [1.807, 2.05) is 236 Å². The van der Waals surface area contributed by atoms with Crippen LogP contribution in [-0.4, -0.2) is 23.3 Å². The molecule has 0 aliphatic heterocycles. The highest BCUT2D eigenvalue weighted by molar-refractivity contribution is 9.09. The van der Waals surface area contributed by atoms with Gasteiger partial charge in [0.1, 0.15) is 0 Å². The summed E-state index contributed by atoms with van der Waals surface area (Å²) in [6.45, 7) is 10.2. The molecule has 8 aliphatic carbocycles. The number of rotatable bonds is 4. The van der Waals surface area contributed by atoms with Crippen molar-refractivity contribution in [2.24, 2.45) is 21.7 Å². The molecule has 0 spiro atoms. The van der Waals surface area contributed by atoms with Gasteiger partial charge < -0.3 is 0 Å². The van der Waals surface area contributed by atoms with Crippen LogP contribution in [-0.2, 0) is 21.7 Å². The Hall–Kier alpha value is -8.42. The molecule has 8 bridgehead atoms. The van der Waals surface area contributed by atoms with Crippen molar-refractivity contribution < 1.29 is 0 Å². The minimum atomic E-state index is 0.192. The Morgan fingerprint density at radius 1 is 0.189 bits per heavy atom. The predicted octanol–water partition coefficient (Wildman–Crippen LogP) is 27.5. The normalized spacial score (nSPS) is 23.8.